The molecule has 1 heterocycles. The zero-order valence-corrected chi connectivity index (χ0v) is 19.1. The predicted molar refractivity (Wildman–Crippen MR) is 121 cm³/mol. The maximum Gasteiger partial charge on any atom is 0.284 e. The van der Waals surface area contributed by atoms with Crippen LogP contribution in [0.5, 0.6) is 5.75 Å². The number of hydrogen-bond acceptors (Lipinski definition) is 6. The summed E-state index contributed by atoms with van der Waals surface area (Å²) in [6.07, 6.45) is -0.128. The van der Waals surface area contributed by atoms with Gasteiger partial charge >= 0.3 is 0 Å². The fourth-order valence-corrected chi connectivity index (χ4v) is 5.39. The Balaban J connectivity index is 1.75. The van der Waals surface area contributed by atoms with Crippen LogP contribution < -0.4 is 10.1 Å². The molecular formula is C20H20ClN3O5S2. The van der Waals surface area contributed by atoms with Crippen LogP contribution in [0.15, 0.2) is 57.8 Å². The van der Waals surface area contributed by atoms with Gasteiger partial charge in [0, 0.05) is 29.7 Å². The fraction of sp³-hybridized carbons (Fsp3) is 0.250. The Bertz CT molecular complexity index is 1120. The number of anilines is 1. The lowest BCUT2D eigenvalue weighted by Crippen LogP contribution is -2.33. The summed E-state index contributed by atoms with van der Waals surface area (Å²) >= 11 is 6.77. The van der Waals surface area contributed by atoms with Crippen molar-refractivity contribution >= 4 is 56.1 Å². The smallest absolute Gasteiger partial charge is 0.284 e. The number of carbonyl (C=O) groups is 2. The fourth-order valence-electron chi connectivity index (χ4n) is 2.84. The van der Waals surface area contributed by atoms with E-state index in [1.54, 1.807) is 31.2 Å². The molecule has 0 aromatic heterocycles. The molecule has 1 aliphatic heterocycles. The number of halogens is 1. The Morgan fingerprint density at radius 3 is 2.61 bits per heavy atom. The largest absolute Gasteiger partial charge is 0.497 e. The molecule has 2 amide bonds. The van der Waals surface area contributed by atoms with Gasteiger partial charge in [0.1, 0.15) is 11.0 Å². The molecule has 1 saturated heterocycles. The highest BCUT2D eigenvalue weighted by atomic mass is 35.5. The summed E-state index contributed by atoms with van der Waals surface area (Å²) in [4.78, 5) is 26.4. The van der Waals surface area contributed by atoms with Gasteiger partial charge in [-0.15, -0.1) is 4.40 Å². The number of amides is 2. The van der Waals surface area contributed by atoms with Gasteiger partial charge in [-0.2, -0.15) is 8.42 Å². The SMILES string of the molecule is CCN1C(=O)C(CC(=O)Nc2cccc(OC)c2)S/C1=N\S(=O)(=O)c1ccc(Cl)cc1. The van der Waals surface area contributed by atoms with Crippen LogP contribution in [0, 0.1) is 0 Å². The van der Waals surface area contributed by atoms with Gasteiger partial charge in [-0.25, -0.2) is 0 Å². The first-order valence-corrected chi connectivity index (χ1v) is 12.0. The second kappa shape index (κ2) is 9.71. The zero-order valence-electron chi connectivity index (χ0n) is 16.7. The minimum atomic E-state index is -4.03. The van der Waals surface area contributed by atoms with E-state index < -0.39 is 15.3 Å². The molecule has 8 nitrogen and oxygen atoms in total. The number of amidine groups is 1. The third kappa shape index (κ3) is 5.57. The number of ether oxygens (including phenoxy) is 1. The van der Waals surface area contributed by atoms with Gasteiger partial charge in [0.05, 0.1) is 12.0 Å². The molecule has 11 heteroatoms. The summed E-state index contributed by atoms with van der Waals surface area (Å²) in [7, 11) is -2.51. The number of sulfonamides is 1. The summed E-state index contributed by atoms with van der Waals surface area (Å²) in [6.45, 7) is 1.94. The van der Waals surface area contributed by atoms with Gasteiger partial charge in [-0.05, 0) is 43.3 Å². The molecule has 31 heavy (non-hydrogen) atoms. The normalized spacial score (nSPS) is 17.8. The summed E-state index contributed by atoms with van der Waals surface area (Å²) < 4.78 is 34.2. The van der Waals surface area contributed by atoms with Crippen molar-refractivity contribution in [2.75, 3.05) is 19.0 Å². The molecule has 1 aliphatic rings. The van der Waals surface area contributed by atoms with E-state index in [4.69, 9.17) is 16.3 Å². The molecule has 0 spiro atoms. The number of rotatable bonds is 7. The van der Waals surface area contributed by atoms with Crippen LogP contribution in [0.1, 0.15) is 13.3 Å². The second-order valence-corrected chi connectivity index (χ2v) is 9.69. The predicted octanol–water partition coefficient (Wildman–Crippen LogP) is 3.39. The molecule has 1 N–H and O–H groups in total. The lowest BCUT2D eigenvalue weighted by Gasteiger charge is -2.13. The van der Waals surface area contributed by atoms with Gasteiger partial charge in [0.2, 0.25) is 11.8 Å². The highest BCUT2D eigenvalue weighted by Crippen LogP contribution is 2.31. The molecule has 1 fully saturated rings. The van der Waals surface area contributed by atoms with Crippen LogP contribution in [0.4, 0.5) is 5.69 Å². The van der Waals surface area contributed by atoms with Crippen molar-refractivity contribution in [1.29, 1.82) is 0 Å². The average Bonchev–Trinajstić information content (AvgIpc) is 3.01. The summed E-state index contributed by atoms with van der Waals surface area (Å²) in [5, 5.41) is 2.38. The van der Waals surface area contributed by atoms with Crippen molar-refractivity contribution in [1.82, 2.24) is 4.90 Å². The quantitative estimate of drug-likeness (QED) is 0.649. The molecule has 0 saturated carbocycles. The lowest BCUT2D eigenvalue weighted by atomic mass is 10.2. The van der Waals surface area contributed by atoms with Gasteiger partial charge in [-0.3, -0.25) is 14.5 Å². The number of hydrogen-bond donors (Lipinski definition) is 1. The minimum absolute atomic E-state index is 0.0345. The minimum Gasteiger partial charge on any atom is -0.497 e. The Hall–Kier alpha value is -2.56. The van der Waals surface area contributed by atoms with Crippen LogP contribution in [-0.4, -0.2) is 49.2 Å². The van der Waals surface area contributed by atoms with Crippen molar-refractivity contribution in [3.05, 3.63) is 53.6 Å². The van der Waals surface area contributed by atoms with Crippen LogP contribution in [0.2, 0.25) is 5.02 Å². The first kappa shape index (κ1) is 23.1. The van der Waals surface area contributed by atoms with Crippen molar-refractivity contribution in [3.8, 4) is 5.75 Å². The molecule has 2 aromatic carbocycles. The molecule has 0 aliphatic carbocycles. The summed E-state index contributed by atoms with van der Waals surface area (Å²) in [6, 6.07) is 12.4. The van der Waals surface area contributed by atoms with E-state index in [9.17, 15) is 18.0 Å². The molecule has 3 rings (SSSR count). The number of carbonyl (C=O) groups excluding carboxylic acids is 2. The maximum atomic E-state index is 12.7. The number of nitrogens with zero attached hydrogens (tertiary/aromatic N) is 2. The highest BCUT2D eigenvalue weighted by molar-refractivity contribution is 8.16. The van der Waals surface area contributed by atoms with E-state index in [-0.39, 0.29) is 34.8 Å². The second-order valence-electron chi connectivity index (χ2n) is 6.48. The van der Waals surface area contributed by atoms with E-state index in [0.717, 1.165) is 11.8 Å². The molecule has 164 valence electrons. The van der Waals surface area contributed by atoms with E-state index in [0.29, 0.717) is 16.5 Å². The maximum absolute atomic E-state index is 12.7. The van der Waals surface area contributed by atoms with E-state index in [2.05, 4.69) is 9.71 Å². The van der Waals surface area contributed by atoms with E-state index in [1.807, 2.05) is 0 Å². The lowest BCUT2D eigenvalue weighted by molar-refractivity contribution is -0.128. The molecule has 1 unspecified atom stereocenters. The van der Waals surface area contributed by atoms with Crippen molar-refractivity contribution in [3.63, 3.8) is 0 Å². The van der Waals surface area contributed by atoms with Gasteiger partial charge < -0.3 is 10.1 Å². The number of methoxy groups -OCH3 is 1. The van der Waals surface area contributed by atoms with Crippen LogP contribution in [0.25, 0.3) is 0 Å². The van der Waals surface area contributed by atoms with Gasteiger partial charge in [-0.1, -0.05) is 29.4 Å². The first-order valence-electron chi connectivity index (χ1n) is 9.26. The third-order valence-corrected chi connectivity index (χ3v) is 7.19. The first-order chi connectivity index (χ1) is 14.7. The topological polar surface area (TPSA) is 105 Å². The van der Waals surface area contributed by atoms with E-state index in [1.165, 1.54) is 36.3 Å². The van der Waals surface area contributed by atoms with Crippen molar-refractivity contribution in [2.24, 2.45) is 4.40 Å². The number of nitrogens with one attached hydrogen (secondary N) is 1. The van der Waals surface area contributed by atoms with Crippen LogP contribution >= 0.6 is 23.4 Å². The Morgan fingerprint density at radius 1 is 1.26 bits per heavy atom. The Morgan fingerprint density at radius 2 is 1.97 bits per heavy atom. The van der Waals surface area contributed by atoms with E-state index >= 15 is 0 Å². The van der Waals surface area contributed by atoms with Crippen molar-refractivity contribution < 1.29 is 22.7 Å². The average molecular weight is 482 g/mol. The zero-order chi connectivity index (χ0) is 22.6. The monoisotopic (exact) mass is 481 g/mol. The molecule has 2 aromatic rings. The highest BCUT2D eigenvalue weighted by Gasteiger charge is 2.39. The number of benzene rings is 2. The van der Waals surface area contributed by atoms with Gasteiger partial charge in [0.15, 0.2) is 5.17 Å². The van der Waals surface area contributed by atoms with Crippen molar-refractivity contribution in [2.45, 2.75) is 23.5 Å². The molecule has 1 atom stereocenters. The van der Waals surface area contributed by atoms with Gasteiger partial charge in [0.25, 0.3) is 10.0 Å². The Kier molecular flexibility index (Phi) is 7.24. The third-order valence-electron chi connectivity index (χ3n) is 4.37. The summed E-state index contributed by atoms with van der Waals surface area (Å²) in [5.41, 5.74) is 0.534. The molecule has 0 bridgehead atoms. The number of thioether (sulfide) groups is 1. The standard InChI is InChI=1S/C20H20ClN3O5S2/c1-3-24-19(26)17(12-18(25)22-14-5-4-6-15(11-14)29-2)30-20(24)23-31(27,28)16-9-7-13(21)8-10-16/h4-11,17H,3,12H2,1-2H3,(H,22,25)/b23-20-. The van der Waals surface area contributed by atoms with Crippen LogP contribution in [-0.2, 0) is 19.6 Å². The summed E-state index contributed by atoms with van der Waals surface area (Å²) in [5.74, 6) is -0.154. The Labute approximate surface area is 189 Å². The molecular weight excluding hydrogens is 462 g/mol. The van der Waals surface area contributed by atoms with Crippen LogP contribution in [0.3, 0.4) is 0 Å². The molecule has 0 radical (unpaired) electrons.